The third-order valence-corrected chi connectivity index (χ3v) is 1.88. The Hall–Kier alpha value is -2.08. The van der Waals surface area contributed by atoms with Crippen molar-refractivity contribution < 1.29 is 9.59 Å². The van der Waals surface area contributed by atoms with Gasteiger partial charge >= 0.3 is 6.03 Å². The van der Waals surface area contributed by atoms with Gasteiger partial charge in [0.2, 0.25) is 5.91 Å². The molecule has 1 aromatic rings. The summed E-state index contributed by atoms with van der Waals surface area (Å²) in [6.45, 7) is 0.00794. The SMILES string of the molecule is NC(=O)[C@@H](N)CNC(=O)Nc1ccccc1. The lowest BCUT2D eigenvalue weighted by Gasteiger charge is -2.10. The summed E-state index contributed by atoms with van der Waals surface area (Å²) < 4.78 is 0. The molecule has 0 radical (unpaired) electrons. The minimum absolute atomic E-state index is 0.00794. The molecule has 0 bridgehead atoms. The number of hydrogen-bond donors (Lipinski definition) is 4. The van der Waals surface area contributed by atoms with Gasteiger partial charge in [0.15, 0.2) is 0 Å². The van der Waals surface area contributed by atoms with Crippen LogP contribution in [0.25, 0.3) is 0 Å². The van der Waals surface area contributed by atoms with Gasteiger partial charge in [-0.3, -0.25) is 4.79 Å². The number of urea groups is 1. The minimum atomic E-state index is -0.874. The van der Waals surface area contributed by atoms with Crippen molar-refractivity contribution in [2.45, 2.75) is 6.04 Å². The van der Waals surface area contributed by atoms with Crippen molar-refractivity contribution in [3.63, 3.8) is 0 Å². The van der Waals surface area contributed by atoms with Crippen LogP contribution < -0.4 is 22.1 Å². The van der Waals surface area contributed by atoms with Crippen molar-refractivity contribution in [1.82, 2.24) is 5.32 Å². The highest BCUT2D eigenvalue weighted by Gasteiger charge is 2.10. The van der Waals surface area contributed by atoms with E-state index in [0.29, 0.717) is 5.69 Å². The van der Waals surface area contributed by atoms with Crippen molar-refractivity contribution in [3.05, 3.63) is 30.3 Å². The van der Waals surface area contributed by atoms with Gasteiger partial charge in [0.05, 0.1) is 0 Å². The van der Waals surface area contributed by atoms with Crippen LogP contribution in [0.5, 0.6) is 0 Å². The molecular formula is C10H14N4O2. The maximum atomic E-state index is 11.3. The van der Waals surface area contributed by atoms with Gasteiger partial charge in [-0.25, -0.2) is 4.79 Å². The van der Waals surface area contributed by atoms with E-state index in [2.05, 4.69) is 10.6 Å². The second-order valence-corrected chi connectivity index (χ2v) is 3.21. The van der Waals surface area contributed by atoms with Crippen LogP contribution in [0.2, 0.25) is 0 Å². The second kappa shape index (κ2) is 5.72. The van der Waals surface area contributed by atoms with Gasteiger partial charge in [0.1, 0.15) is 6.04 Å². The first-order valence-electron chi connectivity index (χ1n) is 4.74. The van der Waals surface area contributed by atoms with Gasteiger partial charge in [-0.2, -0.15) is 0 Å². The Morgan fingerprint density at radius 3 is 2.44 bits per heavy atom. The molecule has 6 heteroatoms. The monoisotopic (exact) mass is 222 g/mol. The molecule has 0 aromatic heterocycles. The van der Waals surface area contributed by atoms with E-state index < -0.39 is 18.0 Å². The maximum Gasteiger partial charge on any atom is 0.319 e. The number of benzene rings is 1. The fourth-order valence-electron chi connectivity index (χ4n) is 1.00. The number of hydrogen-bond acceptors (Lipinski definition) is 3. The normalized spacial score (nSPS) is 11.6. The third kappa shape index (κ3) is 3.97. The zero-order chi connectivity index (χ0) is 12.0. The highest BCUT2D eigenvalue weighted by atomic mass is 16.2. The molecule has 1 atom stereocenters. The summed E-state index contributed by atoms with van der Waals surface area (Å²) in [5.74, 6) is -0.653. The fraction of sp³-hybridized carbons (Fsp3) is 0.200. The molecule has 0 heterocycles. The number of anilines is 1. The highest BCUT2D eigenvalue weighted by molar-refractivity contribution is 5.89. The van der Waals surface area contributed by atoms with Gasteiger partial charge in [0, 0.05) is 12.2 Å². The number of carbonyl (C=O) groups is 2. The predicted molar refractivity (Wildman–Crippen MR) is 60.6 cm³/mol. The molecule has 1 aromatic carbocycles. The predicted octanol–water partition coefficient (Wildman–Crippen LogP) is -0.379. The van der Waals surface area contributed by atoms with E-state index in [1.54, 1.807) is 24.3 Å². The molecular weight excluding hydrogens is 208 g/mol. The lowest BCUT2D eigenvalue weighted by molar-refractivity contribution is -0.119. The lowest BCUT2D eigenvalue weighted by Crippen LogP contribution is -2.46. The van der Waals surface area contributed by atoms with Gasteiger partial charge in [-0.1, -0.05) is 18.2 Å². The van der Waals surface area contributed by atoms with E-state index in [-0.39, 0.29) is 6.54 Å². The standard InChI is InChI=1S/C10H14N4O2/c11-8(9(12)15)6-13-10(16)14-7-4-2-1-3-5-7/h1-5,8H,6,11H2,(H2,12,15)(H2,13,14,16)/t8-/m0/s1. The van der Waals surface area contributed by atoms with E-state index in [0.717, 1.165) is 0 Å². The number of carbonyl (C=O) groups excluding carboxylic acids is 2. The Kier molecular flexibility index (Phi) is 4.28. The molecule has 0 unspecified atom stereocenters. The lowest BCUT2D eigenvalue weighted by atomic mass is 10.3. The van der Waals surface area contributed by atoms with Gasteiger partial charge < -0.3 is 22.1 Å². The van der Waals surface area contributed by atoms with E-state index in [1.165, 1.54) is 0 Å². The van der Waals surface area contributed by atoms with Crippen molar-refractivity contribution in [3.8, 4) is 0 Å². The Morgan fingerprint density at radius 1 is 1.25 bits per heavy atom. The number of primary amides is 1. The van der Waals surface area contributed by atoms with Crippen molar-refractivity contribution >= 4 is 17.6 Å². The highest BCUT2D eigenvalue weighted by Crippen LogP contribution is 2.03. The summed E-state index contributed by atoms with van der Waals surface area (Å²) in [5, 5.41) is 5.01. The van der Waals surface area contributed by atoms with Crippen molar-refractivity contribution in [2.24, 2.45) is 11.5 Å². The van der Waals surface area contributed by atoms with Crippen LogP contribution in [0.15, 0.2) is 30.3 Å². The van der Waals surface area contributed by atoms with Crippen LogP contribution in [0, 0.1) is 0 Å². The van der Waals surface area contributed by atoms with Crippen molar-refractivity contribution in [1.29, 1.82) is 0 Å². The molecule has 16 heavy (non-hydrogen) atoms. The van der Waals surface area contributed by atoms with E-state index in [9.17, 15) is 9.59 Å². The smallest absolute Gasteiger partial charge is 0.319 e. The van der Waals surface area contributed by atoms with E-state index in [1.807, 2.05) is 6.07 Å². The molecule has 3 amide bonds. The molecule has 0 aliphatic carbocycles. The van der Waals surface area contributed by atoms with E-state index >= 15 is 0 Å². The molecule has 0 spiro atoms. The molecule has 0 saturated heterocycles. The van der Waals surface area contributed by atoms with E-state index in [4.69, 9.17) is 11.5 Å². The molecule has 0 aliphatic rings. The second-order valence-electron chi connectivity index (χ2n) is 3.21. The van der Waals surface area contributed by atoms with Crippen LogP contribution in [-0.4, -0.2) is 24.5 Å². The topological polar surface area (TPSA) is 110 Å². The Balaban J connectivity index is 2.35. The maximum absolute atomic E-state index is 11.3. The summed E-state index contributed by atoms with van der Waals surface area (Å²) >= 11 is 0. The average molecular weight is 222 g/mol. The molecule has 1 rings (SSSR count). The quantitative estimate of drug-likeness (QED) is 0.557. The molecule has 6 N–H and O–H groups in total. The molecule has 0 fully saturated rings. The number of nitrogens with one attached hydrogen (secondary N) is 2. The molecule has 86 valence electrons. The van der Waals surface area contributed by atoms with Crippen LogP contribution in [-0.2, 0) is 4.79 Å². The first-order valence-corrected chi connectivity index (χ1v) is 4.74. The third-order valence-electron chi connectivity index (χ3n) is 1.88. The van der Waals surface area contributed by atoms with Gasteiger partial charge in [0.25, 0.3) is 0 Å². The van der Waals surface area contributed by atoms with Gasteiger partial charge in [-0.15, -0.1) is 0 Å². The molecule has 6 nitrogen and oxygen atoms in total. The largest absolute Gasteiger partial charge is 0.368 e. The Bertz CT molecular complexity index is 366. The summed E-state index contributed by atoms with van der Waals surface area (Å²) in [6.07, 6.45) is 0. The first kappa shape index (κ1) is 12.0. The zero-order valence-corrected chi connectivity index (χ0v) is 8.64. The summed E-state index contributed by atoms with van der Waals surface area (Å²) in [4.78, 5) is 21.9. The Morgan fingerprint density at radius 2 is 1.88 bits per heavy atom. The van der Waals surface area contributed by atoms with Gasteiger partial charge in [-0.05, 0) is 12.1 Å². The fourth-order valence-corrected chi connectivity index (χ4v) is 1.00. The summed E-state index contributed by atoms with van der Waals surface area (Å²) in [6, 6.07) is 7.62. The zero-order valence-electron chi connectivity index (χ0n) is 8.64. The number of amides is 3. The van der Waals surface area contributed by atoms with Crippen LogP contribution >= 0.6 is 0 Å². The van der Waals surface area contributed by atoms with Crippen LogP contribution in [0.4, 0.5) is 10.5 Å². The Labute approximate surface area is 93.0 Å². The summed E-state index contributed by atoms with van der Waals surface area (Å²) in [7, 11) is 0. The minimum Gasteiger partial charge on any atom is -0.368 e. The number of rotatable bonds is 4. The first-order chi connectivity index (χ1) is 7.59. The molecule has 0 saturated carbocycles. The summed E-state index contributed by atoms with van der Waals surface area (Å²) in [5.41, 5.74) is 10.9. The number of nitrogens with two attached hydrogens (primary N) is 2. The number of para-hydroxylation sites is 1. The molecule has 0 aliphatic heterocycles. The van der Waals surface area contributed by atoms with Crippen molar-refractivity contribution in [2.75, 3.05) is 11.9 Å². The van der Waals surface area contributed by atoms with Crippen LogP contribution in [0.3, 0.4) is 0 Å². The van der Waals surface area contributed by atoms with Crippen LogP contribution in [0.1, 0.15) is 0 Å². The average Bonchev–Trinajstić information content (AvgIpc) is 2.27.